The van der Waals surface area contributed by atoms with Gasteiger partial charge < -0.3 is 10.0 Å². The lowest BCUT2D eigenvalue weighted by Gasteiger charge is -2.16. The fourth-order valence-electron chi connectivity index (χ4n) is 1.49. The summed E-state index contributed by atoms with van der Waals surface area (Å²) in [5.74, 6) is -0.802. The molecule has 0 radical (unpaired) electrons. The van der Waals surface area contributed by atoms with E-state index in [2.05, 4.69) is 6.07 Å². The van der Waals surface area contributed by atoms with Gasteiger partial charge >= 0.3 is 5.97 Å². The van der Waals surface area contributed by atoms with Crippen LogP contribution in [0.5, 0.6) is 0 Å². The van der Waals surface area contributed by atoms with Crippen molar-refractivity contribution < 1.29 is 9.90 Å². The molecule has 1 heterocycles. The van der Waals surface area contributed by atoms with Crippen molar-refractivity contribution in [3.05, 3.63) is 41.4 Å². The summed E-state index contributed by atoms with van der Waals surface area (Å²) < 4.78 is 0. The maximum Gasteiger partial charge on any atom is 0.323 e. The Hall–Kier alpha value is -1.42. The average molecular weight is 221 g/mol. The van der Waals surface area contributed by atoms with Crippen LogP contribution in [0.25, 0.3) is 0 Å². The molecule has 0 amide bonds. The first kappa shape index (κ1) is 10.1. The zero-order valence-electron chi connectivity index (χ0n) is 8.09. The Bertz CT molecular complexity index is 403. The van der Waals surface area contributed by atoms with Crippen LogP contribution in [-0.2, 0) is 11.3 Å². The third kappa shape index (κ3) is 2.53. The van der Waals surface area contributed by atoms with Gasteiger partial charge in [0.15, 0.2) is 0 Å². The zero-order chi connectivity index (χ0) is 10.7. The molecular formula is C11H11NO2S. The zero-order valence-corrected chi connectivity index (χ0v) is 8.91. The predicted molar refractivity (Wildman–Crippen MR) is 59.5 cm³/mol. The quantitative estimate of drug-likeness (QED) is 0.830. The molecule has 78 valence electrons. The summed E-state index contributed by atoms with van der Waals surface area (Å²) in [6.45, 7) is 0.706. The number of carboxylic acids is 1. The van der Waals surface area contributed by atoms with Crippen LogP contribution in [0.2, 0.25) is 0 Å². The van der Waals surface area contributed by atoms with E-state index in [1.54, 1.807) is 16.7 Å². The maximum absolute atomic E-state index is 10.6. The highest BCUT2D eigenvalue weighted by Gasteiger charge is 2.11. The molecule has 0 fully saturated rings. The van der Waals surface area contributed by atoms with Gasteiger partial charge in [0.2, 0.25) is 0 Å². The number of benzene rings is 1. The summed E-state index contributed by atoms with van der Waals surface area (Å²) >= 11 is 1.63. The van der Waals surface area contributed by atoms with Crippen molar-refractivity contribution in [3.8, 4) is 0 Å². The minimum absolute atomic E-state index is 0.0470. The molecule has 4 heteroatoms. The van der Waals surface area contributed by atoms with E-state index in [9.17, 15) is 4.79 Å². The van der Waals surface area contributed by atoms with Crippen LogP contribution in [-0.4, -0.2) is 22.5 Å². The smallest absolute Gasteiger partial charge is 0.323 e. The van der Waals surface area contributed by atoms with Crippen LogP contribution in [0.4, 0.5) is 0 Å². The Morgan fingerprint density at radius 2 is 2.27 bits per heavy atom. The summed E-state index contributed by atoms with van der Waals surface area (Å²) in [4.78, 5) is 13.6. The van der Waals surface area contributed by atoms with E-state index >= 15 is 0 Å². The van der Waals surface area contributed by atoms with Crippen molar-refractivity contribution >= 4 is 17.7 Å². The van der Waals surface area contributed by atoms with E-state index in [4.69, 9.17) is 5.11 Å². The minimum Gasteiger partial charge on any atom is -0.480 e. The van der Waals surface area contributed by atoms with Gasteiger partial charge in [0.05, 0.1) is 0 Å². The number of carbonyl (C=O) groups is 1. The Balaban J connectivity index is 2.19. The van der Waals surface area contributed by atoms with E-state index < -0.39 is 5.97 Å². The molecule has 1 aliphatic rings. The van der Waals surface area contributed by atoms with Crippen LogP contribution in [0.3, 0.4) is 0 Å². The molecule has 1 aromatic carbocycles. The molecule has 1 N–H and O–H groups in total. The monoisotopic (exact) mass is 221 g/mol. The van der Waals surface area contributed by atoms with Gasteiger partial charge in [-0.1, -0.05) is 30.0 Å². The van der Waals surface area contributed by atoms with Gasteiger partial charge in [-0.2, -0.15) is 0 Å². The first-order chi connectivity index (χ1) is 7.25. The molecule has 1 aromatic rings. The van der Waals surface area contributed by atoms with Crippen molar-refractivity contribution in [2.24, 2.45) is 0 Å². The van der Waals surface area contributed by atoms with Gasteiger partial charge in [-0.3, -0.25) is 4.79 Å². The molecule has 1 aliphatic heterocycles. The Morgan fingerprint density at radius 1 is 1.47 bits per heavy atom. The van der Waals surface area contributed by atoms with Crippen LogP contribution < -0.4 is 0 Å². The Morgan fingerprint density at radius 3 is 3.07 bits per heavy atom. The third-order valence-electron chi connectivity index (χ3n) is 2.15. The van der Waals surface area contributed by atoms with Crippen molar-refractivity contribution in [1.29, 1.82) is 0 Å². The second-order valence-electron chi connectivity index (χ2n) is 3.31. The van der Waals surface area contributed by atoms with Gasteiger partial charge in [-0.05, 0) is 17.0 Å². The number of hydrogen-bond acceptors (Lipinski definition) is 3. The summed E-state index contributed by atoms with van der Waals surface area (Å²) in [6.07, 6.45) is 1.83. The first-order valence-electron chi connectivity index (χ1n) is 4.63. The number of nitrogens with zero attached hydrogens (tertiary/aromatic N) is 1. The molecule has 0 aromatic heterocycles. The highest BCUT2D eigenvalue weighted by Crippen LogP contribution is 2.27. The minimum atomic E-state index is -0.802. The summed E-state index contributed by atoms with van der Waals surface area (Å²) in [5.41, 5.74) is 1.17. The van der Waals surface area contributed by atoms with Crippen LogP contribution in [0.15, 0.2) is 40.8 Å². The van der Waals surface area contributed by atoms with Crippen LogP contribution in [0.1, 0.15) is 5.56 Å². The lowest BCUT2D eigenvalue weighted by Crippen LogP contribution is -2.23. The van der Waals surface area contributed by atoms with E-state index in [-0.39, 0.29) is 6.54 Å². The van der Waals surface area contributed by atoms with Crippen molar-refractivity contribution in [1.82, 2.24) is 4.90 Å². The lowest BCUT2D eigenvalue weighted by molar-refractivity contribution is -0.137. The summed E-state index contributed by atoms with van der Waals surface area (Å²) in [7, 11) is 0. The van der Waals surface area contributed by atoms with Gasteiger partial charge in [0.1, 0.15) is 6.54 Å². The highest BCUT2D eigenvalue weighted by molar-refractivity contribution is 8.02. The van der Waals surface area contributed by atoms with Crippen molar-refractivity contribution in [3.63, 3.8) is 0 Å². The molecule has 15 heavy (non-hydrogen) atoms. The summed E-state index contributed by atoms with van der Waals surface area (Å²) in [6, 6.07) is 8.05. The largest absolute Gasteiger partial charge is 0.480 e. The Labute approximate surface area is 92.4 Å². The number of rotatable bonds is 2. The molecular weight excluding hydrogens is 210 g/mol. The predicted octanol–water partition coefficient (Wildman–Crippen LogP) is 2.15. The van der Waals surface area contributed by atoms with Gasteiger partial charge in [-0.25, -0.2) is 0 Å². The molecule has 2 rings (SSSR count). The molecule has 0 saturated carbocycles. The topological polar surface area (TPSA) is 40.5 Å². The van der Waals surface area contributed by atoms with E-state index in [0.717, 1.165) is 0 Å². The maximum atomic E-state index is 10.6. The molecule has 3 nitrogen and oxygen atoms in total. The van der Waals surface area contributed by atoms with Crippen LogP contribution in [0, 0.1) is 0 Å². The molecule has 0 saturated heterocycles. The lowest BCUT2D eigenvalue weighted by atomic mass is 10.2. The number of fused-ring (bicyclic) bond motifs is 1. The van der Waals surface area contributed by atoms with Crippen molar-refractivity contribution in [2.75, 3.05) is 6.54 Å². The molecule has 0 unspecified atom stereocenters. The van der Waals surface area contributed by atoms with Gasteiger partial charge in [0.25, 0.3) is 0 Å². The number of aliphatic carboxylic acids is 1. The van der Waals surface area contributed by atoms with Crippen molar-refractivity contribution in [2.45, 2.75) is 11.4 Å². The third-order valence-corrected chi connectivity index (χ3v) is 3.06. The second-order valence-corrected chi connectivity index (χ2v) is 4.26. The fraction of sp³-hybridized carbons (Fsp3) is 0.182. The highest BCUT2D eigenvalue weighted by atomic mass is 32.2. The fourth-order valence-corrected chi connectivity index (χ4v) is 2.31. The number of thioether (sulfide) groups is 1. The van der Waals surface area contributed by atoms with E-state index in [0.29, 0.717) is 6.54 Å². The molecule has 0 atom stereocenters. The van der Waals surface area contributed by atoms with Gasteiger partial charge in [0, 0.05) is 17.6 Å². The van der Waals surface area contributed by atoms with E-state index in [1.807, 2.05) is 29.8 Å². The normalized spacial score (nSPS) is 14.5. The number of hydrogen-bond donors (Lipinski definition) is 1. The molecule has 0 bridgehead atoms. The standard InChI is InChI=1S/C11H11NO2S/c13-11(14)8-12-5-6-15-10-4-2-1-3-9(10)7-12/h1-6H,7-8H2,(H,13,14). The molecule has 0 aliphatic carbocycles. The van der Waals surface area contributed by atoms with Gasteiger partial charge in [-0.15, -0.1) is 0 Å². The van der Waals surface area contributed by atoms with E-state index in [1.165, 1.54) is 10.5 Å². The Kier molecular flexibility index (Phi) is 2.97. The number of carboxylic acid groups (broad SMARTS) is 1. The van der Waals surface area contributed by atoms with Crippen LogP contribution >= 0.6 is 11.8 Å². The second kappa shape index (κ2) is 4.40. The SMILES string of the molecule is O=C(O)CN1C=CSc2ccccc2C1. The first-order valence-corrected chi connectivity index (χ1v) is 5.51. The average Bonchev–Trinajstić information content (AvgIpc) is 2.38. The molecule has 0 spiro atoms. The summed E-state index contributed by atoms with van der Waals surface area (Å²) in [5, 5.41) is 10.6.